The Kier molecular flexibility index (Phi) is 4.43. The van der Waals surface area contributed by atoms with Crippen LogP contribution in [0.1, 0.15) is 31.2 Å². The molecule has 0 aromatic carbocycles. The number of hydrogen-bond acceptors (Lipinski definition) is 4. The highest BCUT2D eigenvalue weighted by Gasteiger charge is 2.35. The number of nitrogens with one attached hydrogen (secondary N) is 1. The van der Waals surface area contributed by atoms with Crippen LogP contribution in [0.25, 0.3) is 0 Å². The van der Waals surface area contributed by atoms with Crippen LogP contribution in [0.3, 0.4) is 0 Å². The Bertz CT molecular complexity index is 442. The summed E-state index contributed by atoms with van der Waals surface area (Å²) in [6.07, 6.45) is 8.64. The van der Waals surface area contributed by atoms with E-state index in [1.807, 2.05) is 12.1 Å². The van der Waals surface area contributed by atoms with Gasteiger partial charge in [-0.05, 0) is 63.0 Å². The molecule has 0 amide bonds. The van der Waals surface area contributed by atoms with Crippen LogP contribution in [0.5, 0.6) is 0 Å². The predicted molar refractivity (Wildman–Crippen MR) is 78.6 cm³/mol. The molecule has 3 rings (SSSR count). The van der Waals surface area contributed by atoms with Gasteiger partial charge in [-0.3, -0.25) is 14.7 Å². The molecule has 2 aliphatic rings. The summed E-state index contributed by atoms with van der Waals surface area (Å²) in [5, 5.41) is 3.40. The first-order valence-electron chi connectivity index (χ1n) is 7.72. The maximum absolute atomic E-state index is 12.6. The minimum atomic E-state index is 0.145. The van der Waals surface area contributed by atoms with E-state index < -0.39 is 0 Å². The molecule has 1 atom stereocenters. The van der Waals surface area contributed by atoms with Crippen LogP contribution in [0, 0.1) is 0 Å². The zero-order valence-electron chi connectivity index (χ0n) is 11.9. The van der Waals surface area contributed by atoms with Gasteiger partial charge >= 0.3 is 0 Å². The Morgan fingerprint density at radius 3 is 2.75 bits per heavy atom. The van der Waals surface area contributed by atoms with Crippen LogP contribution in [0.2, 0.25) is 0 Å². The van der Waals surface area contributed by atoms with Crippen molar-refractivity contribution in [1.82, 2.24) is 15.2 Å². The molecular formula is C16H23N3O. The number of likely N-dealkylation sites (tertiary alicyclic amines) is 1. The molecule has 3 heterocycles. The van der Waals surface area contributed by atoms with Crippen molar-refractivity contribution in [1.29, 1.82) is 0 Å². The molecule has 2 saturated heterocycles. The maximum atomic E-state index is 12.6. The van der Waals surface area contributed by atoms with E-state index in [9.17, 15) is 4.79 Å². The lowest BCUT2D eigenvalue weighted by molar-refractivity contribution is -0.123. The molecule has 0 radical (unpaired) electrons. The highest BCUT2D eigenvalue weighted by molar-refractivity contribution is 5.86. The molecular weight excluding hydrogens is 250 g/mol. The monoisotopic (exact) mass is 273 g/mol. The third-order valence-electron chi connectivity index (χ3n) is 4.57. The topological polar surface area (TPSA) is 45.2 Å². The van der Waals surface area contributed by atoms with Gasteiger partial charge in [0, 0.05) is 24.9 Å². The summed E-state index contributed by atoms with van der Waals surface area (Å²) >= 11 is 0. The third-order valence-corrected chi connectivity index (χ3v) is 4.57. The zero-order chi connectivity index (χ0) is 13.8. The summed E-state index contributed by atoms with van der Waals surface area (Å²) in [4.78, 5) is 19.1. The Hall–Kier alpha value is -1.26. The predicted octanol–water partition coefficient (Wildman–Crippen LogP) is 1.41. The van der Waals surface area contributed by atoms with E-state index in [4.69, 9.17) is 0 Å². The van der Waals surface area contributed by atoms with Gasteiger partial charge in [0.1, 0.15) is 0 Å². The van der Waals surface area contributed by atoms with Gasteiger partial charge in [0.25, 0.3) is 0 Å². The van der Waals surface area contributed by atoms with Gasteiger partial charge in [-0.25, -0.2) is 0 Å². The van der Waals surface area contributed by atoms with E-state index in [0.29, 0.717) is 18.2 Å². The summed E-state index contributed by atoms with van der Waals surface area (Å²) in [5.74, 6) is 0.382. The summed E-state index contributed by atoms with van der Waals surface area (Å²) < 4.78 is 0. The molecule has 0 bridgehead atoms. The molecule has 0 aliphatic carbocycles. The number of hydrogen-bond donors (Lipinski definition) is 1. The normalized spacial score (nSPS) is 24.9. The van der Waals surface area contributed by atoms with Gasteiger partial charge in [0.05, 0.1) is 6.04 Å². The first kappa shape index (κ1) is 13.7. The average Bonchev–Trinajstić information content (AvgIpc) is 2.99. The number of aromatic nitrogens is 1. The maximum Gasteiger partial charge on any atom is 0.154 e. The first-order valence-corrected chi connectivity index (χ1v) is 7.72. The SMILES string of the molecule is O=C(Cc1ccncc1)C1CCCN1C1CCNCC1. The van der Waals surface area contributed by atoms with E-state index in [2.05, 4.69) is 15.2 Å². The van der Waals surface area contributed by atoms with Gasteiger partial charge < -0.3 is 5.32 Å². The van der Waals surface area contributed by atoms with Gasteiger partial charge in [-0.1, -0.05) is 0 Å². The van der Waals surface area contributed by atoms with Crippen molar-refractivity contribution in [2.45, 2.75) is 44.2 Å². The van der Waals surface area contributed by atoms with Crippen molar-refractivity contribution in [3.05, 3.63) is 30.1 Å². The van der Waals surface area contributed by atoms with Crippen LogP contribution in [0.4, 0.5) is 0 Å². The van der Waals surface area contributed by atoms with E-state index in [0.717, 1.165) is 38.0 Å². The highest BCUT2D eigenvalue weighted by atomic mass is 16.1. The average molecular weight is 273 g/mol. The number of ketones is 1. The highest BCUT2D eigenvalue weighted by Crippen LogP contribution is 2.25. The second-order valence-corrected chi connectivity index (χ2v) is 5.88. The summed E-state index contributed by atoms with van der Waals surface area (Å²) in [7, 11) is 0. The fourth-order valence-corrected chi connectivity index (χ4v) is 3.53. The molecule has 1 unspecified atom stereocenters. The van der Waals surface area contributed by atoms with Crippen LogP contribution in [-0.4, -0.2) is 47.4 Å². The van der Waals surface area contributed by atoms with Crippen molar-refractivity contribution in [2.24, 2.45) is 0 Å². The minimum absolute atomic E-state index is 0.145. The Morgan fingerprint density at radius 1 is 1.25 bits per heavy atom. The number of rotatable bonds is 4. The van der Waals surface area contributed by atoms with Gasteiger partial charge in [-0.2, -0.15) is 0 Å². The molecule has 4 nitrogen and oxygen atoms in total. The van der Waals surface area contributed by atoms with Crippen molar-refractivity contribution >= 4 is 5.78 Å². The van der Waals surface area contributed by atoms with Crippen molar-refractivity contribution in [3.63, 3.8) is 0 Å². The van der Waals surface area contributed by atoms with Gasteiger partial charge in [0.15, 0.2) is 5.78 Å². The molecule has 0 spiro atoms. The molecule has 1 aromatic heterocycles. The Labute approximate surface area is 120 Å². The van der Waals surface area contributed by atoms with Gasteiger partial charge in [0.2, 0.25) is 0 Å². The lowest BCUT2D eigenvalue weighted by atomic mass is 9.99. The van der Waals surface area contributed by atoms with E-state index in [1.165, 1.54) is 12.8 Å². The zero-order valence-corrected chi connectivity index (χ0v) is 11.9. The van der Waals surface area contributed by atoms with E-state index in [1.54, 1.807) is 12.4 Å². The molecule has 0 saturated carbocycles. The largest absolute Gasteiger partial charge is 0.317 e. The molecule has 2 aliphatic heterocycles. The molecule has 1 N–H and O–H groups in total. The van der Waals surface area contributed by atoms with Crippen molar-refractivity contribution in [2.75, 3.05) is 19.6 Å². The summed E-state index contributed by atoms with van der Waals surface area (Å²) in [6.45, 7) is 3.27. The van der Waals surface area contributed by atoms with Crippen LogP contribution in [-0.2, 0) is 11.2 Å². The van der Waals surface area contributed by atoms with Crippen LogP contribution in [0.15, 0.2) is 24.5 Å². The third kappa shape index (κ3) is 3.07. The van der Waals surface area contributed by atoms with Crippen molar-refractivity contribution in [3.8, 4) is 0 Å². The lowest BCUT2D eigenvalue weighted by Crippen LogP contribution is -2.48. The molecule has 20 heavy (non-hydrogen) atoms. The van der Waals surface area contributed by atoms with Crippen LogP contribution >= 0.6 is 0 Å². The fraction of sp³-hybridized carbons (Fsp3) is 0.625. The lowest BCUT2D eigenvalue weighted by Gasteiger charge is -2.35. The second kappa shape index (κ2) is 6.46. The standard InChI is InChI=1S/C16H23N3O/c20-16(12-13-3-7-17-8-4-13)15-2-1-11-19(15)14-5-9-18-10-6-14/h3-4,7-8,14-15,18H,1-2,5-6,9-12H2. The molecule has 4 heteroatoms. The Morgan fingerprint density at radius 2 is 2.00 bits per heavy atom. The van der Waals surface area contributed by atoms with Crippen LogP contribution < -0.4 is 5.32 Å². The number of carbonyl (C=O) groups excluding carboxylic acids is 1. The first-order chi connectivity index (χ1) is 9.84. The molecule has 1 aromatic rings. The number of Topliss-reactive ketones (excluding diaryl/α,β-unsaturated/α-hetero) is 1. The quantitative estimate of drug-likeness (QED) is 0.901. The molecule has 108 valence electrons. The minimum Gasteiger partial charge on any atom is -0.317 e. The summed E-state index contributed by atoms with van der Waals surface area (Å²) in [5.41, 5.74) is 1.09. The second-order valence-electron chi connectivity index (χ2n) is 5.88. The van der Waals surface area contributed by atoms with Gasteiger partial charge in [-0.15, -0.1) is 0 Å². The smallest absolute Gasteiger partial charge is 0.154 e. The fourth-order valence-electron chi connectivity index (χ4n) is 3.53. The number of nitrogens with zero attached hydrogens (tertiary/aromatic N) is 2. The van der Waals surface area contributed by atoms with E-state index in [-0.39, 0.29) is 6.04 Å². The number of carbonyl (C=O) groups is 1. The molecule has 2 fully saturated rings. The Balaban J connectivity index is 1.64. The summed E-state index contributed by atoms with van der Waals surface area (Å²) in [6, 6.07) is 4.64. The number of pyridine rings is 1. The number of piperidine rings is 1. The van der Waals surface area contributed by atoms with Crippen molar-refractivity contribution < 1.29 is 4.79 Å². The van der Waals surface area contributed by atoms with E-state index >= 15 is 0 Å².